The van der Waals surface area contributed by atoms with Crippen LogP contribution in [0.3, 0.4) is 0 Å². The zero-order valence-corrected chi connectivity index (χ0v) is 15.9. The number of rotatable bonds is 5. The maximum atomic E-state index is 12.6. The number of halogens is 1. The number of nitrogens with zero attached hydrogens (tertiary/aromatic N) is 1. The second kappa shape index (κ2) is 8.43. The van der Waals surface area contributed by atoms with E-state index in [0.717, 1.165) is 43.3 Å². The quantitative estimate of drug-likeness (QED) is 0.842. The Hall–Kier alpha value is -2.24. The van der Waals surface area contributed by atoms with E-state index in [1.54, 1.807) is 19.2 Å². The zero-order chi connectivity index (χ0) is 18.5. The molecule has 0 radical (unpaired) electrons. The molecular formula is C20H25ClN3O2+. The van der Waals surface area contributed by atoms with Gasteiger partial charge in [0.15, 0.2) is 6.04 Å². The molecule has 1 aliphatic heterocycles. The van der Waals surface area contributed by atoms with Crippen LogP contribution in [0.4, 0.5) is 11.4 Å². The number of hydrogen-bond acceptors (Lipinski definition) is 3. The fourth-order valence-electron chi connectivity index (χ4n) is 3.33. The van der Waals surface area contributed by atoms with Crippen molar-refractivity contribution >= 4 is 28.9 Å². The summed E-state index contributed by atoms with van der Waals surface area (Å²) in [5, 5.41) is 3.64. The number of amides is 1. The van der Waals surface area contributed by atoms with E-state index in [0.29, 0.717) is 5.02 Å². The maximum Gasteiger partial charge on any atom is 0.282 e. The van der Waals surface area contributed by atoms with E-state index in [9.17, 15) is 4.79 Å². The molecule has 0 saturated carbocycles. The topological polar surface area (TPSA) is 46.0 Å². The lowest BCUT2D eigenvalue weighted by Crippen LogP contribution is -3.19. The van der Waals surface area contributed by atoms with Crippen molar-refractivity contribution in [3.05, 3.63) is 53.6 Å². The molecule has 0 bridgehead atoms. The van der Waals surface area contributed by atoms with Crippen LogP contribution in [-0.4, -0.2) is 45.2 Å². The first-order valence-electron chi connectivity index (χ1n) is 8.87. The summed E-state index contributed by atoms with van der Waals surface area (Å²) in [6.45, 7) is 5.60. The van der Waals surface area contributed by atoms with Gasteiger partial charge in [0.1, 0.15) is 5.75 Å². The van der Waals surface area contributed by atoms with E-state index < -0.39 is 0 Å². The molecule has 1 aliphatic rings. The molecule has 5 nitrogen and oxygen atoms in total. The molecule has 0 aliphatic carbocycles. The Labute approximate surface area is 159 Å². The summed E-state index contributed by atoms with van der Waals surface area (Å²) in [6, 6.07) is 15.2. The van der Waals surface area contributed by atoms with Crippen LogP contribution in [0.25, 0.3) is 0 Å². The average Bonchev–Trinajstić information content (AvgIpc) is 2.69. The normalized spacial score (nSPS) is 16.2. The summed E-state index contributed by atoms with van der Waals surface area (Å²) < 4.78 is 5.46. The van der Waals surface area contributed by atoms with Gasteiger partial charge in [-0.1, -0.05) is 23.7 Å². The van der Waals surface area contributed by atoms with Crippen LogP contribution in [0.5, 0.6) is 5.75 Å². The highest BCUT2D eigenvalue weighted by atomic mass is 35.5. The van der Waals surface area contributed by atoms with Crippen molar-refractivity contribution < 1.29 is 14.4 Å². The predicted molar refractivity (Wildman–Crippen MR) is 105 cm³/mol. The van der Waals surface area contributed by atoms with Crippen molar-refractivity contribution in [3.8, 4) is 5.75 Å². The Morgan fingerprint density at radius 3 is 2.46 bits per heavy atom. The van der Waals surface area contributed by atoms with Gasteiger partial charge < -0.3 is 19.9 Å². The Morgan fingerprint density at radius 2 is 1.81 bits per heavy atom. The summed E-state index contributed by atoms with van der Waals surface area (Å²) in [7, 11) is 1.70. The van der Waals surface area contributed by atoms with Gasteiger partial charge in [0.2, 0.25) is 0 Å². The first-order valence-corrected chi connectivity index (χ1v) is 9.25. The Morgan fingerprint density at radius 1 is 1.15 bits per heavy atom. The van der Waals surface area contributed by atoms with Crippen molar-refractivity contribution in [2.45, 2.75) is 13.0 Å². The van der Waals surface area contributed by atoms with E-state index in [4.69, 9.17) is 16.3 Å². The number of carbonyl (C=O) groups is 1. The molecule has 0 unspecified atom stereocenters. The fourth-order valence-corrected chi connectivity index (χ4v) is 3.45. The molecule has 0 aromatic heterocycles. The van der Waals surface area contributed by atoms with Crippen molar-refractivity contribution in [2.24, 2.45) is 0 Å². The summed E-state index contributed by atoms with van der Waals surface area (Å²) in [5.41, 5.74) is 1.89. The number of anilines is 2. The van der Waals surface area contributed by atoms with E-state index in [2.05, 4.69) is 16.3 Å². The number of ether oxygens (including phenoxy) is 1. The Balaban J connectivity index is 1.57. The van der Waals surface area contributed by atoms with Crippen molar-refractivity contribution in [1.82, 2.24) is 0 Å². The summed E-state index contributed by atoms with van der Waals surface area (Å²) in [5.74, 6) is 0.928. The van der Waals surface area contributed by atoms with Gasteiger partial charge in [0, 0.05) is 10.7 Å². The van der Waals surface area contributed by atoms with Crippen LogP contribution in [-0.2, 0) is 4.79 Å². The molecule has 2 aromatic carbocycles. The van der Waals surface area contributed by atoms with E-state index in [-0.39, 0.29) is 11.9 Å². The second-order valence-corrected chi connectivity index (χ2v) is 6.97. The van der Waals surface area contributed by atoms with Crippen molar-refractivity contribution in [2.75, 3.05) is 43.5 Å². The van der Waals surface area contributed by atoms with Crippen molar-refractivity contribution in [1.29, 1.82) is 0 Å². The van der Waals surface area contributed by atoms with Gasteiger partial charge in [-0.2, -0.15) is 0 Å². The lowest BCUT2D eigenvalue weighted by molar-refractivity contribution is -0.914. The van der Waals surface area contributed by atoms with Gasteiger partial charge >= 0.3 is 0 Å². The lowest BCUT2D eigenvalue weighted by Gasteiger charge is -2.36. The Kier molecular flexibility index (Phi) is 6.01. The monoisotopic (exact) mass is 374 g/mol. The van der Waals surface area contributed by atoms with Gasteiger partial charge in [0.25, 0.3) is 5.91 Å². The predicted octanol–water partition coefficient (Wildman–Crippen LogP) is 2.08. The molecule has 26 heavy (non-hydrogen) atoms. The van der Waals surface area contributed by atoms with Crippen LogP contribution in [0.2, 0.25) is 5.02 Å². The number of piperazine rings is 1. The minimum Gasteiger partial charge on any atom is -0.495 e. The first-order chi connectivity index (χ1) is 12.6. The molecule has 1 atom stereocenters. The van der Waals surface area contributed by atoms with Crippen LogP contribution in [0, 0.1) is 0 Å². The Bertz CT molecular complexity index is 743. The SMILES string of the molecule is COc1ccccc1N1CC[NH+]([C@H](C)C(=O)Nc2ccc(Cl)cc2)CC1. The van der Waals surface area contributed by atoms with Gasteiger partial charge in [-0.05, 0) is 43.3 Å². The third kappa shape index (κ3) is 4.29. The number of para-hydroxylation sites is 2. The van der Waals surface area contributed by atoms with Crippen molar-refractivity contribution in [3.63, 3.8) is 0 Å². The third-order valence-corrected chi connectivity index (χ3v) is 5.20. The van der Waals surface area contributed by atoms with Gasteiger partial charge in [-0.15, -0.1) is 0 Å². The fraction of sp³-hybridized carbons (Fsp3) is 0.350. The highest BCUT2D eigenvalue weighted by Crippen LogP contribution is 2.27. The number of carbonyl (C=O) groups excluding carboxylic acids is 1. The second-order valence-electron chi connectivity index (χ2n) is 6.53. The minimum atomic E-state index is -0.106. The summed E-state index contributed by atoms with van der Waals surface area (Å²) in [4.78, 5) is 16.2. The number of hydrogen-bond donors (Lipinski definition) is 2. The largest absolute Gasteiger partial charge is 0.495 e. The van der Waals surface area contributed by atoms with E-state index >= 15 is 0 Å². The standard InChI is InChI=1S/C20H24ClN3O2/c1-15(20(25)22-17-9-7-16(21)8-10-17)23-11-13-24(14-12-23)18-5-3-4-6-19(18)26-2/h3-10,15H,11-14H2,1-2H3,(H,22,25)/p+1/t15-/m1/s1. The highest BCUT2D eigenvalue weighted by molar-refractivity contribution is 6.30. The van der Waals surface area contributed by atoms with Gasteiger partial charge in [-0.3, -0.25) is 4.79 Å². The molecule has 1 heterocycles. The molecular weight excluding hydrogens is 350 g/mol. The summed E-state index contributed by atoms with van der Waals surface area (Å²) in [6.07, 6.45) is 0. The molecule has 138 valence electrons. The summed E-state index contributed by atoms with van der Waals surface area (Å²) >= 11 is 5.89. The van der Waals surface area contributed by atoms with Gasteiger partial charge in [0.05, 0.1) is 39.0 Å². The number of methoxy groups -OCH3 is 1. The van der Waals surface area contributed by atoms with E-state index in [1.807, 2.05) is 37.3 Å². The molecule has 0 spiro atoms. The molecule has 3 rings (SSSR count). The first kappa shape index (κ1) is 18.5. The zero-order valence-electron chi connectivity index (χ0n) is 15.2. The molecule has 1 saturated heterocycles. The molecule has 6 heteroatoms. The van der Waals surface area contributed by atoms with Gasteiger partial charge in [-0.25, -0.2) is 0 Å². The number of quaternary nitrogens is 1. The average molecular weight is 375 g/mol. The van der Waals surface area contributed by atoms with Crippen LogP contribution >= 0.6 is 11.6 Å². The molecule has 2 aromatic rings. The third-order valence-electron chi connectivity index (χ3n) is 4.95. The van der Waals surface area contributed by atoms with E-state index in [1.165, 1.54) is 4.90 Å². The minimum absolute atomic E-state index is 0.0352. The number of nitrogens with one attached hydrogen (secondary N) is 2. The number of benzene rings is 2. The van der Waals surface area contributed by atoms with Crippen LogP contribution in [0.15, 0.2) is 48.5 Å². The molecule has 1 amide bonds. The molecule has 2 N–H and O–H groups in total. The lowest BCUT2D eigenvalue weighted by atomic mass is 10.2. The smallest absolute Gasteiger partial charge is 0.282 e. The molecule has 1 fully saturated rings. The maximum absolute atomic E-state index is 12.6. The van der Waals surface area contributed by atoms with Crippen LogP contribution in [0.1, 0.15) is 6.92 Å². The van der Waals surface area contributed by atoms with Crippen LogP contribution < -0.4 is 19.9 Å². The highest BCUT2D eigenvalue weighted by Gasteiger charge is 2.30.